The van der Waals surface area contributed by atoms with Crippen molar-refractivity contribution in [2.45, 2.75) is 13.0 Å². The lowest BCUT2D eigenvalue weighted by Crippen LogP contribution is -2.37. The molecule has 8 nitrogen and oxygen atoms in total. The second-order valence-corrected chi connectivity index (χ2v) is 5.57. The van der Waals surface area contributed by atoms with Gasteiger partial charge in [-0.1, -0.05) is 0 Å². The Morgan fingerprint density at radius 3 is 2.92 bits per heavy atom. The van der Waals surface area contributed by atoms with Crippen LogP contribution in [0.2, 0.25) is 0 Å². The van der Waals surface area contributed by atoms with Gasteiger partial charge in [0.25, 0.3) is 11.5 Å². The summed E-state index contributed by atoms with van der Waals surface area (Å²) in [5.41, 5.74) is 0.191. The van der Waals surface area contributed by atoms with Crippen LogP contribution in [0.25, 0.3) is 0 Å². The molecule has 0 saturated carbocycles. The number of carbonyl (C=O) groups is 1. The van der Waals surface area contributed by atoms with Crippen molar-refractivity contribution < 1.29 is 24.1 Å². The predicted molar refractivity (Wildman–Crippen MR) is 88.2 cm³/mol. The summed E-state index contributed by atoms with van der Waals surface area (Å²) in [5.74, 6) is 1.19. The van der Waals surface area contributed by atoms with Crippen LogP contribution in [0.3, 0.4) is 0 Å². The van der Waals surface area contributed by atoms with Crippen LogP contribution in [0.1, 0.15) is 16.1 Å². The minimum Gasteiger partial charge on any atom is -0.491 e. The van der Waals surface area contributed by atoms with E-state index in [1.165, 1.54) is 6.07 Å². The number of benzene rings is 1. The van der Waals surface area contributed by atoms with Crippen LogP contribution >= 0.6 is 0 Å². The average Bonchev–Trinajstić information content (AvgIpc) is 3.05. The van der Waals surface area contributed by atoms with E-state index in [4.69, 9.17) is 14.2 Å². The van der Waals surface area contributed by atoms with Gasteiger partial charge in [0.15, 0.2) is 11.5 Å². The molecular weight excluding hydrogens is 328 g/mol. The maximum absolute atomic E-state index is 12.0. The number of aliphatic hydroxyl groups is 1. The van der Waals surface area contributed by atoms with Crippen LogP contribution in [-0.4, -0.2) is 42.0 Å². The van der Waals surface area contributed by atoms with Crippen LogP contribution in [-0.2, 0) is 0 Å². The molecule has 1 aliphatic rings. The number of hydrogen-bond acceptors (Lipinski definition) is 6. The summed E-state index contributed by atoms with van der Waals surface area (Å²) in [6.45, 7) is 1.83. The molecule has 1 amide bonds. The second-order valence-electron chi connectivity index (χ2n) is 5.57. The smallest absolute Gasteiger partial charge is 0.260 e. The van der Waals surface area contributed by atoms with Crippen molar-refractivity contribution in [3.63, 3.8) is 0 Å². The molecular formula is C17H18N2O6. The fraction of sp³-hybridized carbons (Fsp3) is 0.294. The largest absolute Gasteiger partial charge is 0.491 e. The molecule has 2 aromatic rings. The zero-order valence-corrected chi connectivity index (χ0v) is 13.6. The highest BCUT2D eigenvalue weighted by atomic mass is 16.7. The molecule has 8 heteroatoms. The minimum absolute atomic E-state index is 0.00510. The van der Waals surface area contributed by atoms with E-state index >= 15 is 0 Å². The van der Waals surface area contributed by atoms with Crippen LogP contribution in [0.15, 0.2) is 35.1 Å². The van der Waals surface area contributed by atoms with E-state index < -0.39 is 17.6 Å². The average molecular weight is 346 g/mol. The number of fused-ring (bicyclic) bond motifs is 1. The van der Waals surface area contributed by atoms with E-state index in [0.29, 0.717) is 22.9 Å². The lowest BCUT2D eigenvalue weighted by molar-refractivity contribution is 0.0842. The number of pyridine rings is 1. The standard InChI is InChI=1S/C17H18N2O6/c1-10-2-4-13(17(22)19-10)16(21)18-7-11(20)8-23-12-3-5-14-15(6-12)25-9-24-14/h2-6,11,20H,7-9H2,1H3,(H,18,21)(H,19,22). The van der Waals surface area contributed by atoms with Crippen molar-refractivity contribution in [2.75, 3.05) is 19.9 Å². The van der Waals surface area contributed by atoms with Gasteiger partial charge < -0.3 is 29.6 Å². The van der Waals surface area contributed by atoms with Crippen molar-refractivity contribution in [2.24, 2.45) is 0 Å². The van der Waals surface area contributed by atoms with Gasteiger partial charge in [-0.2, -0.15) is 0 Å². The Balaban J connectivity index is 1.48. The van der Waals surface area contributed by atoms with E-state index in [0.717, 1.165) is 0 Å². The molecule has 0 fully saturated rings. The van der Waals surface area contributed by atoms with E-state index in [9.17, 15) is 14.7 Å². The van der Waals surface area contributed by atoms with Gasteiger partial charge in [-0.3, -0.25) is 9.59 Å². The quantitative estimate of drug-likeness (QED) is 0.706. The predicted octanol–water partition coefficient (Wildman–Crippen LogP) is 0.582. The minimum atomic E-state index is -0.932. The zero-order chi connectivity index (χ0) is 17.8. The molecule has 1 aromatic carbocycles. The van der Waals surface area contributed by atoms with Gasteiger partial charge >= 0.3 is 0 Å². The van der Waals surface area contributed by atoms with E-state index in [-0.39, 0.29) is 25.5 Å². The summed E-state index contributed by atoms with van der Waals surface area (Å²) in [6, 6.07) is 8.16. The lowest BCUT2D eigenvalue weighted by atomic mass is 10.2. The van der Waals surface area contributed by atoms with Gasteiger partial charge in [0.2, 0.25) is 6.79 Å². The number of hydrogen-bond donors (Lipinski definition) is 3. The Morgan fingerprint density at radius 2 is 2.12 bits per heavy atom. The Bertz CT molecular complexity index is 832. The molecule has 1 aliphatic heterocycles. The molecule has 0 saturated heterocycles. The van der Waals surface area contributed by atoms with Crippen molar-refractivity contribution in [3.05, 3.63) is 51.9 Å². The summed E-state index contributed by atoms with van der Waals surface area (Å²) in [5, 5.41) is 12.4. The topological polar surface area (TPSA) is 110 Å². The summed E-state index contributed by atoms with van der Waals surface area (Å²) in [4.78, 5) is 26.2. The monoisotopic (exact) mass is 346 g/mol. The van der Waals surface area contributed by atoms with Gasteiger partial charge in [-0.15, -0.1) is 0 Å². The van der Waals surface area contributed by atoms with Crippen molar-refractivity contribution >= 4 is 5.91 Å². The van der Waals surface area contributed by atoms with E-state index in [2.05, 4.69) is 10.3 Å². The van der Waals surface area contributed by atoms with Gasteiger partial charge in [0, 0.05) is 18.3 Å². The molecule has 1 atom stereocenters. The van der Waals surface area contributed by atoms with Crippen LogP contribution < -0.4 is 25.1 Å². The van der Waals surface area contributed by atoms with Crippen LogP contribution in [0, 0.1) is 6.92 Å². The number of ether oxygens (including phenoxy) is 3. The number of aliphatic hydroxyl groups excluding tert-OH is 1. The summed E-state index contributed by atoms with van der Waals surface area (Å²) < 4.78 is 15.9. The number of nitrogens with one attached hydrogen (secondary N) is 2. The number of H-pyrrole nitrogens is 1. The number of amides is 1. The third-order valence-electron chi connectivity index (χ3n) is 3.58. The number of aromatic nitrogens is 1. The molecule has 0 radical (unpaired) electrons. The first-order valence-corrected chi connectivity index (χ1v) is 7.71. The number of rotatable bonds is 6. The summed E-state index contributed by atoms with van der Waals surface area (Å²) >= 11 is 0. The van der Waals surface area contributed by atoms with Gasteiger partial charge in [-0.05, 0) is 31.2 Å². The normalized spacial score (nSPS) is 13.4. The SMILES string of the molecule is Cc1ccc(C(=O)NCC(O)COc2ccc3c(c2)OCO3)c(=O)[nH]1. The number of aryl methyl sites for hydroxylation is 1. The molecule has 1 aromatic heterocycles. The number of aromatic amines is 1. The highest BCUT2D eigenvalue weighted by Crippen LogP contribution is 2.35. The lowest BCUT2D eigenvalue weighted by Gasteiger charge is -2.13. The Kier molecular flexibility index (Phi) is 4.90. The van der Waals surface area contributed by atoms with E-state index in [1.807, 2.05) is 0 Å². The van der Waals surface area contributed by atoms with Crippen molar-refractivity contribution in [1.29, 1.82) is 0 Å². The molecule has 0 aliphatic carbocycles. The fourth-order valence-corrected chi connectivity index (χ4v) is 2.27. The van der Waals surface area contributed by atoms with Crippen LogP contribution in [0.5, 0.6) is 17.2 Å². The summed E-state index contributed by atoms with van der Waals surface area (Å²) in [7, 11) is 0. The maximum Gasteiger partial charge on any atom is 0.260 e. The molecule has 3 N–H and O–H groups in total. The van der Waals surface area contributed by atoms with Crippen LogP contribution in [0.4, 0.5) is 0 Å². The molecule has 2 heterocycles. The molecule has 3 rings (SSSR count). The first-order valence-electron chi connectivity index (χ1n) is 7.71. The molecule has 0 bridgehead atoms. The summed E-state index contributed by atoms with van der Waals surface area (Å²) in [6.07, 6.45) is -0.932. The fourth-order valence-electron chi connectivity index (χ4n) is 2.27. The first kappa shape index (κ1) is 16.8. The Hall–Kier alpha value is -3.00. The highest BCUT2D eigenvalue weighted by Gasteiger charge is 2.15. The highest BCUT2D eigenvalue weighted by molar-refractivity contribution is 5.93. The van der Waals surface area contributed by atoms with Gasteiger partial charge in [0.1, 0.15) is 24.0 Å². The molecule has 132 valence electrons. The van der Waals surface area contributed by atoms with Gasteiger partial charge in [0.05, 0.1) is 0 Å². The van der Waals surface area contributed by atoms with Crippen molar-refractivity contribution in [3.8, 4) is 17.2 Å². The Morgan fingerprint density at radius 1 is 1.32 bits per heavy atom. The third-order valence-corrected chi connectivity index (χ3v) is 3.58. The molecule has 1 unspecified atom stereocenters. The molecule has 0 spiro atoms. The Labute approximate surface area is 143 Å². The molecule has 25 heavy (non-hydrogen) atoms. The zero-order valence-electron chi connectivity index (χ0n) is 13.6. The van der Waals surface area contributed by atoms with Gasteiger partial charge in [-0.25, -0.2) is 0 Å². The second kappa shape index (κ2) is 7.27. The third kappa shape index (κ3) is 4.10. The van der Waals surface area contributed by atoms with E-state index in [1.54, 1.807) is 31.2 Å². The number of carbonyl (C=O) groups excluding carboxylic acids is 1. The maximum atomic E-state index is 12.0. The van der Waals surface area contributed by atoms with Crippen molar-refractivity contribution in [1.82, 2.24) is 10.3 Å². The first-order chi connectivity index (χ1) is 12.0.